The Morgan fingerprint density at radius 3 is 2.50 bits per heavy atom. The Bertz CT molecular complexity index is 315. The minimum absolute atomic E-state index is 0.275. The van der Waals surface area contributed by atoms with E-state index in [1.165, 1.54) is 6.42 Å². The van der Waals surface area contributed by atoms with Crippen LogP contribution in [0.3, 0.4) is 0 Å². The molecule has 1 rings (SSSR count). The Morgan fingerprint density at radius 2 is 1.95 bits per heavy atom. The molecule has 1 aliphatic carbocycles. The lowest BCUT2D eigenvalue weighted by Crippen LogP contribution is -2.40. The van der Waals surface area contributed by atoms with Crippen molar-refractivity contribution in [3.63, 3.8) is 0 Å². The van der Waals surface area contributed by atoms with Gasteiger partial charge in [-0.15, -0.1) is 0 Å². The topological polar surface area (TPSA) is 38.3 Å². The predicted molar refractivity (Wildman–Crippen MR) is 87.3 cm³/mol. The summed E-state index contributed by atoms with van der Waals surface area (Å²) in [5.41, 5.74) is -0.417. The van der Waals surface area contributed by atoms with Crippen LogP contribution < -0.4 is 5.32 Å². The second kappa shape index (κ2) is 8.71. The SMILES string of the molecule is CC(C)(C)OC(=O)NC1CCC(/C=C/CCCBr)CC1. The minimum Gasteiger partial charge on any atom is -0.444 e. The molecule has 4 heteroatoms. The molecule has 0 atom stereocenters. The van der Waals surface area contributed by atoms with Crippen molar-refractivity contribution in [1.29, 1.82) is 0 Å². The number of amides is 1. The largest absolute Gasteiger partial charge is 0.444 e. The van der Waals surface area contributed by atoms with E-state index in [-0.39, 0.29) is 12.1 Å². The number of hydrogen-bond donors (Lipinski definition) is 1. The molecule has 0 aromatic carbocycles. The first kappa shape index (κ1) is 17.5. The average Bonchev–Trinajstić information content (AvgIpc) is 2.34. The third kappa shape index (κ3) is 7.93. The van der Waals surface area contributed by atoms with E-state index in [1.807, 2.05) is 20.8 Å². The number of carbonyl (C=O) groups excluding carboxylic acids is 1. The van der Waals surface area contributed by atoms with Crippen molar-refractivity contribution >= 4 is 22.0 Å². The van der Waals surface area contributed by atoms with Gasteiger partial charge in [0.2, 0.25) is 0 Å². The Hall–Kier alpha value is -0.510. The van der Waals surface area contributed by atoms with Crippen LogP contribution in [-0.2, 0) is 4.74 Å². The number of allylic oxidation sites excluding steroid dienone is 2. The molecular weight excluding hydrogens is 318 g/mol. The van der Waals surface area contributed by atoms with Crippen LogP contribution in [0.15, 0.2) is 12.2 Å². The van der Waals surface area contributed by atoms with Gasteiger partial charge in [-0.2, -0.15) is 0 Å². The number of alkyl halides is 1. The van der Waals surface area contributed by atoms with Crippen LogP contribution in [0, 0.1) is 5.92 Å². The maximum Gasteiger partial charge on any atom is 0.407 e. The summed E-state index contributed by atoms with van der Waals surface area (Å²) in [6.45, 7) is 5.67. The smallest absolute Gasteiger partial charge is 0.407 e. The van der Waals surface area contributed by atoms with Crippen LogP contribution in [0.2, 0.25) is 0 Å². The van der Waals surface area contributed by atoms with Gasteiger partial charge in [0, 0.05) is 11.4 Å². The normalized spacial score (nSPS) is 23.8. The molecule has 0 aromatic heterocycles. The molecule has 1 fully saturated rings. The van der Waals surface area contributed by atoms with Gasteiger partial charge in [0.15, 0.2) is 0 Å². The van der Waals surface area contributed by atoms with Crippen LogP contribution in [0.1, 0.15) is 59.3 Å². The number of nitrogens with one attached hydrogen (secondary N) is 1. The summed E-state index contributed by atoms with van der Waals surface area (Å²) in [4.78, 5) is 11.7. The first-order valence-electron chi connectivity index (χ1n) is 7.63. The highest BCUT2D eigenvalue weighted by atomic mass is 79.9. The van der Waals surface area contributed by atoms with Gasteiger partial charge in [-0.1, -0.05) is 28.1 Å². The van der Waals surface area contributed by atoms with Gasteiger partial charge in [0.1, 0.15) is 5.60 Å². The fourth-order valence-corrected chi connectivity index (χ4v) is 2.74. The molecule has 1 saturated carbocycles. The van der Waals surface area contributed by atoms with Crippen molar-refractivity contribution in [3.8, 4) is 0 Å². The quantitative estimate of drug-likeness (QED) is 0.441. The molecule has 20 heavy (non-hydrogen) atoms. The minimum atomic E-state index is -0.417. The summed E-state index contributed by atoms with van der Waals surface area (Å²) in [5.74, 6) is 0.682. The molecule has 0 saturated heterocycles. The van der Waals surface area contributed by atoms with Crippen LogP contribution >= 0.6 is 15.9 Å². The highest BCUT2D eigenvalue weighted by Gasteiger charge is 2.23. The van der Waals surface area contributed by atoms with Crippen LogP contribution in [0.4, 0.5) is 4.79 Å². The van der Waals surface area contributed by atoms with Crippen molar-refractivity contribution in [2.24, 2.45) is 5.92 Å². The van der Waals surface area contributed by atoms with Crippen molar-refractivity contribution in [1.82, 2.24) is 5.32 Å². The Balaban J connectivity index is 2.22. The summed E-state index contributed by atoms with van der Waals surface area (Å²) in [7, 11) is 0. The van der Waals surface area contributed by atoms with Crippen molar-refractivity contribution in [2.75, 3.05) is 5.33 Å². The van der Waals surface area contributed by atoms with Gasteiger partial charge in [0.05, 0.1) is 0 Å². The standard InChI is InChI=1S/C16H28BrNO2/c1-16(2,3)20-15(19)18-14-10-8-13(9-11-14)7-5-4-6-12-17/h5,7,13-14H,4,6,8-12H2,1-3H3,(H,18,19)/b7-5+. The lowest BCUT2D eigenvalue weighted by atomic mass is 9.86. The third-order valence-electron chi connectivity index (χ3n) is 3.41. The van der Waals surface area contributed by atoms with Gasteiger partial charge >= 0.3 is 6.09 Å². The monoisotopic (exact) mass is 345 g/mol. The first-order chi connectivity index (χ1) is 9.40. The molecule has 3 nitrogen and oxygen atoms in total. The van der Waals surface area contributed by atoms with Gasteiger partial charge in [-0.3, -0.25) is 0 Å². The number of unbranched alkanes of at least 4 members (excludes halogenated alkanes) is 1. The molecule has 0 aliphatic heterocycles. The van der Waals surface area contributed by atoms with Crippen molar-refractivity contribution in [2.45, 2.75) is 70.9 Å². The number of ether oxygens (including phenoxy) is 1. The summed E-state index contributed by atoms with van der Waals surface area (Å²) in [5, 5.41) is 4.05. The highest BCUT2D eigenvalue weighted by molar-refractivity contribution is 9.09. The van der Waals surface area contributed by atoms with E-state index in [0.29, 0.717) is 5.92 Å². The number of rotatable bonds is 5. The molecule has 1 aliphatic rings. The Labute approximate surface area is 131 Å². The lowest BCUT2D eigenvalue weighted by molar-refractivity contribution is 0.0490. The molecule has 1 N–H and O–H groups in total. The fourth-order valence-electron chi connectivity index (χ4n) is 2.41. The summed E-state index contributed by atoms with van der Waals surface area (Å²) < 4.78 is 5.29. The molecule has 1 amide bonds. The van der Waals surface area contributed by atoms with E-state index >= 15 is 0 Å². The second-order valence-electron chi connectivity index (χ2n) is 6.52. The van der Waals surface area contributed by atoms with Gasteiger partial charge < -0.3 is 10.1 Å². The van der Waals surface area contributed by atoms with E-state index < -0.39 is 5.60 Å². The molecule has 0 radical (unpaired) electrons. The van der Waals surface area contributed by atoms with Gasteiger partial charge in [-0.25, -0.2) is 4.79 Å². The number of alkyl carbamates (subject to hydrolysis) is 1. The average molecular weight is 346 g/mol. The van der Waals surface area contributed by atoms with Crippen molar-refractivity contribution in [3.05, 3.63) is 12.2 Å². The number of carbonyl (C=O) groups is 1. The molecule has 0 unspecified atom stereocenters. The van der Waals surface area contributed by atoms with Crippen LogP contribution in [0.5, 0.6) is 0 Å². The van der Waals surface area contributed by atoms with E-state index in [2.05, 4.69) is 33.4 Å². The summed E-state index contributed by atoms with van der Waals surface area (Å²) in [6.07, 6.45) is 11.1. The van der Waals surface area contributed by atoms with Gasteiger partial charge in [-0.05, 0) is 65.2 Å². The maximum absolute atomic E-state index is 11.7. The van der Waals surface area contributed by atoms with E-state index in [4.69, 9.17) is 4.74 Å². The van der Waals surface area contributed by atoms with Gasteiger partial charge in [0.25, 0.3) is 0 Å². The third-order valence-corrected chi connectivity index (χ3v) is 3.97. The van der Waals surface area contributed by atoms with E-state index in [1.54, 1.807) is 0 Å². The second-order valence-corrected chi connectivity index (χ2v) is 7.31. The molecule has 0 spiro atoms. The Morgan fingerprint density at radius 1 is 1.30 bits per heavy atom. The summed E-state index contributed by atoms with van der Waals surface area (Å²) in [6, 6.07) is 0.275. The fraction of sp³-hybridized carbons (Fsp3) is 0.812. The zero-order valence-corrected chi connectivity index (χ0v) is 14.5. The Kier molecular flexibility index (Phi) is 7.63. The maximum atomic E-state index is 11.7. The van der Waals surface area contributed by atoms with Crippen molar-refractivity contribution < 1.29 is 9.53 Å². The molecule has 0 aromatic rings. The number of hydrogen-bond acceptors (Lipinski definition) is 2. The van der Waals surface area contributed by atoms with E-state index in [9.17, 15) is 4.79 Å². The number of halogens is 1. The molecule has 0 heterocycles. The van der Waals surface area contributed by atoms with Crippen LogP contribution in [-0.4, -0.2) is 23.1 Å². The zero-order valence-electron chi connectivity index (χ0n) is 13.0. The van der Waals surface area contributed by atoms with E-state index in [0.717, 1.165) is 37.4 Å². The molecule has 0 bridgehead atoms. The lowest BCUT2D eigenvalue weighted by Gasteiger charge is -2.28. The molecular formula is C16H28BrNO2. The van der Waals surface area contributed by atoms with Crippen LogP contribution in [0.25, 0.3) is 0 Å². The zero-order chi connectivity index (χ0) is 15.0. The first-order valence-corrected chi connectivity index (χ1v) is 8.75. The predicted octanol–water partition coefficient (Wildman–Crippen LogP) is 4.80. The highest BCUT2D eigenvalue weighted by Crippen LogP contribution is 2.25. The summed E-state index contributed by atoms with van der Waals surface area (Å²) >= 11 is 3.44. The molecule has 116 valence electrons.